The first-order valence-electron chi connectivity index (χ1n) is 5.06. The van der Waals surface area contributed by atoms with Gasteiger partial charge in [-0.3, -0.25) is 4.79 Å². The number of hydrogen-bond donors (Lipinski definition) is 0. The molecule has 0 aromatic carbocycles. The van der Waals surface area contributed by atoms with Crippen LogP contribution in [-0.2, 0) is 9.59 Å². The summed E-state index contributed by atoms with van der Waals surface area (Å²) in [4.78, 5) is 22.7. The molecule has 0 amide bonds. The molecule has 0 N–H and O–H groups in total. The van der Waals surface area contributed by atoms with Crippen LogP contribution in [0.2, 0.25) is 0 Å². The number of ketones is 1. The highest BCUT2D eigenvalue weighted by atomic mass is 16.1. The summed E-state index contributed by atoms with van der Waals surface area (Å²) >= 11 is 0. The molecule has 0 aromatic heterocycles. The van der Waals surface area contributed by atoms with Crippen LogP contribution >= 0.6 is 0 Å². The van der Waals surface area contributed by atoms with Gasteiger partial charge in [0, 0.05) is 6.42 Å². The molecule has 0 aromatic rings. The Morgan fingerprint density at radius 1 is 1.14 bits per heavy atom. The van der Waals surface area contributed by atoms with Gasteiger partial charge in [-0.1, -0.05) is 41.5 Å². The van der Waals surface area contributed by atoms with E-state index in [1.165, 1.54) is 0 Å². The van der Waals surface area contributed by atoms with E-state index in [0.717, 1.165) is 6.29 Å². The molecular weight excluding hydrogens is 176 g/mol. The second-order valence-electron chi connectivity index (χ2n) is 6.18. The van der Waals surface area contributed by atoms with Crippen LogP contribution in [0.3, 0.4) is 0 Å². The summed E-state index contributed by atoms with van der Waals surface area (Å²) in [6.07, 6.45) is 1.25. The van der Waals surface area contributed by atoms with E-state index in [1.807, 2.05) is 41.5 Å². The van der Waals surface area contributed by atoms with Crippen LogP contribution < -0.4 is 0 Å². The molecule has 0 bridgehead atoms. The van der Waals surface area contributed by atoms with Crippen LogP contribution in [0.5, 0.6) is 0 Å². The highest BCUT2D eigenvalue weighted by molar-refractivity contribution is 5.94. The van der Waals surface area contributed by atoms with Crippen molar-refractivity contribution in [2.75, 3.05) is 0 Å². The van der Waals surface area contributed by atoms with Crippen molar-refractivity contribution >= 4 is 12.1 Å². The zero-order valence-electron chi connectivity index (χ0n) is 10.2. The van der Waals surface area contributed by atoms with Crippen LogP contribution in [-0.4, -0.2) is 12.1 Å². The molecule has 0 aliphatic rings. The Morgan fingerprint density at radius 3 is 1.79 bits per heavy atom. The van der Waals surface area contributed by atoms with Gasteiger partial charge in [0.05, 0.1) is 5.92 Å². The normalized spacial score (nSPS) is 15.0. The first-order valence-corrected chi connectivity index (χ1v) is 5.06. The molecule has 0 aliphatic carbocycles. The van der Waals surface area contributed by atoms with E-state index in [2.05, 4.69) is 0 Å². The smallest absolute Gasteiger partial charge is 0.144 e. The van der Waals surface area contributed by atoms with Crippen LogP contribution in [0.15, 0.2) is 0 Å². The minimum absolute atomic E-state index is 0.0381. The van der Waals surface area contributed by atoms with E-state index in [0.29, 0.717) is 6.42 Å². The van der Waals surface area contributed by atoms with Gasteiger partial charge in [-0.15, -0.1) is 0 Å². The lowest BCUT2D eigenvalue weighted by molar-refractivity contribution is -0.132. The van der Waals surface area contributed by atoms with Gasteiger partial charge in [-0.2, -0.15) is 0 Å². The maximum Gasteiger partial charge on any atom is 0.144 e. The highest BCUT2D eigenvalue weighted by Gasteiger charge is 2.32. The lowest BCUT2D eigenvalue weighted by atomic mass is 9.75. The molecule has 0 radical (unpaired) electrons. The van der Waals surface area contributed by atoms with E-state index < -0.39 is 5.92 Å². The second-order valence-corrected chi connectivity index (χ2v) is 6.18. The summed E-state index contributed by atoms with van der Waals surface area (Å²) in [6.45, 7) is 11.8. The monoisotopic (exact) mass is 198 g/mol. The molecule has 0 saturated heterocycles. The Labute approximate surface area is 87.1 Å². The van der Waals surface area contributed by atoms with Crippen molar-refractivity contribution in [2.24, 2.45) is 16.7 Å². The Bertz CT molecular complexity index is 215. The number of hydrogen-bond acceptors (Lipinski definition) is 2. The molecule has 0 rings (SSSR count). The molecule has 0 heterocycles. The maximum atomic E-state index is 11.8. The average Bonchev–Trinajstić information content (AvgIpc) is 1.79. The minimum Gasteiger partial charge on any atom is -0.303 e. The summed E-state index contributed by atoms with van der Waals surface area (Å²) in [6, 6.07) is 0. The van der Waals surface area contributed by atoms with E-state index in [4.69, 9.17) is 0 Å². The van der Waals surface area contributed by atoms with Crippen LogP contribution in [0.25, 0.3) is 0 Å². The minimum atomic E-state index is -0.471. The number of rotatable bonds is 3. The zero-order valence-corrected chi connectivity index (χ0v) is 10.2. The summed E-state index contributed by atoms with van der Waals surface area (Å²) in [7, 11) is 0. The number of aldehydes is 1. The Balaban J connectivity index is 4.58. The number of carbonyl (C=O) groups is 2. The number of carbonyl (C=O) groups excluding carboxylic acids is 2. The fourth-order valence-corrected chi connectivity index (χ4v) is 1.40. The molecule has 2 nitrogen and oxygen atoms in total. The predicted molar refractivity (Wildman–Crippen MR) is 58.1 cm³/mol. The topological polar surface area (TPSA) is 34.1 Å². The molecule has 14 heavy (non-hydrogen) atoms. The molecular formula is C12H22O2. The standard InChI is InChI=1S/C12H22O2/c1-11(2,3)7-10(14)9(8-13)12(4,5)6/h8-9H,7H2,1-6H3. The molecule has 1 atom stereocenters. The van der Waals surface area contributed by atoms with Gasteiger partial charge in [0.15, 0.2) is 0 Å². The van der Waals surface area contributed by atoms with Crippen molar-refractivity contribution in [3.8, 4) is 0 Å². The van der Waals surface area contributed by atoms with Gasteiger partial charge < -0.3 is 4.79 Å². The van der Waals surface area contributed by atoms with Gasteiger partial charge in [-0.25, -0.2) is 0 Å². The summed E-state index contributed by atoms with van der Waals surface area (Å²) < 4.78 is 0. The third-order valence-corrected chi connectivity index (χ3v) is 2.12. The highest BCUT2D eigenvalue weighted by Crippen LogP contribution is 2.29. The van der Waals surface area contributed by atoms with E-state index in [-0.39, 0.29) is 16.6 Å². The zero-order chi connectivity index (χ0) is 11.6. The average molecular weight is 198 g/mol. The SMILES string of the molecule is CC(C)(C)CC(=O)C(C=O)C(C)(C)C. The summed E-state index contributed by atoms with van der Waals surface area (Å²) in [5.41, 5.74) is -0.298. The van der Waals surface area contributed by atoms with Crippen LogP contribution in [0, 0.1) is 16.7 Å². The lowest BCUT2D eigenvalue weighted by Crippen LogP contribution is -2.32. The van der Waals surface area contributed by atoms with Gasteiger partial charge in [0.1, 0.15) is 12.1 Å². The molecule has 0 aliphatic heterocycles. The lowest BCUT2D eigenvalue weighted by Gasteiger charge is -2.27. The van der Waals surface area contributed by atoms with E-state index >= 15 is 0 Å². The maximum absolute atomic E-state index is 11.8. The molecule has 0 fully saturated rings. The Morgan fingerprint density at radius 2 is 1.57 bits per heavy atom. The Hall–Kier alpha value is -0.660. The molecule has 82 valence electrons. The van der Waals surface area contributed by atoms with Crippen molar-refractivity contribution in [1.29, 1.82) is 0 Å². The third-order valence-electron chi connectivity index (χ3n) is 2.12. The van der Waals surface area contributed by atoms with Gasteiger partial charge >= 0.3 is 0 Å². The van der Waals surface area contributed by atoms with Crippen molar-refractivity contribution in [3.63, 3.8) is 0 Å². The second kappa shape index (κ2) is 4.24. The fraction of sp³-hybridized carbons (Fsp3) is 0.833. The molecule has 2 heteroatoms. The van der Waals surface area contributed by atoms with Gasteiger partial charge in [-0.05, 0) is 10.8 Å². The quantitative estimate of drug-likeness (QED) is 0.516. The van der Waals surface area contributed by atoms with Crippen molar-refractivity contribution in [2.45, 2.75) is 48.0 Å². The third kappa shape index (κ3) is 4.54. The fourth-order valence-electron chi connectivity index (χ4n) is 1.40. The van der Waals surface area contributed by atoms with Crippen molar-refractivity contribution in [3.05, 3.63) is 0 Å². The first kappa shape index (κ1) is 13.3. The van der Waals surface area contributed by atoms with Gasteiger partial charge in [0.2, 0.25) is 0 Å². The largest absolute Gasteiger partial charge is 0.303 e. The first-order chi connectivity index (χ1) is 6.08. The van der Waals surface area contributed by atoms with Crippen LogP contribution in [0.4, 0.5) is 0 Å². The van der Waals surface area contributed by atoms with Crippen molar-refractivity contribution in [1.82, 2.24) is 0 Å². The molecule has 1 unspecified atom stereocenters. The Kier molecular flexibility index (Phi) is 4.04. The van der Waals surface area contributed by atoms with E-state index in [1.54, 1.807) is 0 Å². The van der Waals surface area contributed by atoms with Gasteiger partial charge in [0.25, 0.3) is 0 Å². The summed E-state index contributed by atoms with van der Waals surface area (Å²) in [5.74, 6) is -0.415. The molecule has 0 saturated carbocycles. The van der Waals surface area contributed by atoms with Crippen LogP contribution in [0.1, 0.15) is 48.0 Å². The molecule has 0 spiro atoms. The summed E-state index contributed by atoms with van der Waals surface area (Å²) in [5, 5.41) is 0. The van der Waals surface area contributed by atoms with Crippen molar-refractivity contribution < 1.29 is 9.59 Å². The predicted octanol–water partition coefficient (Wildman–Crippen LogP) is 2.85. The van der Waals surface area contributed by atoms with E-state index in [9.17, 15) is 9.59 Å². The number of Topliss-reactive ketones (excluding diaryl/α,β-unsaturated/α-hetero) is 1.